The molecule has 10 nitrogen and oxygen atoms in total. The van der Waals surface area contributed by atoms with Crippen molar-refractivity contribution >= 4 is 25.7 Å². The molecule has 2 aromatic carbocycles. The van der Waals surface area contributed by atoms with Gasteiger partial charge in [0.15, 0.2) is 0 Å². The van der Waals surface area contributed by atoms with E-state index in [0.29, 0.717) is 12.8 Å². The van der Waals surface area contributed by atoms with Crippen molar-refractivity contribution < 1.29 is 21.8 Å². The smallest absolute Gasteiger partial charge is 0.269 e. The van der Waals surface area contributed by atoms with E-state index in [4.69, 9.17) is 0 Å². The summed E-state index contributed by atoms with van der Waals surface area (Å²) in [6.45, 7) is 1.55. The predicted molar refractivity (Wildman–Crippen MR) is 127 cm³/mol. The normalized spacial score (nSPS) is 21.1. The van der Waals surface area contributed by atoms with Gasteiger partial charge in [0.1, 0.15) is 0 Å². The molecule has 4 rings (SSSR count). The second kappa shape index (κ2) is 9.70. The molecule has 0 spiro atoms. The van der Waals surface area contributed by atoms with E-state index < -0.39 is 25.0 Å². The average Bonchev–Trinajstić information content (AvgIpc) is 2.80. The Labute approximate surface area is 199 Å². The summed E-state index contributed by atoms with van der Waals surface area (Å²) >= 11 is 0. The van der Waals surface area contributed by atoms with Gasteiger partial charge in [-0.05, 0) is 42.5 Å². The molecule has 0 bridgehead atoms. The molecular formula is C22H28N4O6S2. The number of nitrogens with zero attached hydrogens (tertiary/aromatic N) is 3. The monoisotopic (exact) mass is 508 g/mol. The van der Waals surface area contributed by atoms with Crippen LogP contribution in [0.5, 0.6) is 0 Å². The molecule has 12 heteroatoms. The van der Waals surface area contributed by atoms with E-state index in [1.54, 1.807) is 0 Å². The fourth-order valence-corrected chi connectivity index (χ4v) is 7.04. The number of sulfonamides is 2. The molecule has 2 aliphatic rings. The minimum Gasteiger partial charge on any atom is -0.296 e. The molecule has 2 unspecified atom stereocenters. The van der Waals surface area contributed by atoms with E-state index in [0.717, 1.165) is 25.8 Å². The Morgan fingerprint density at radius 3 is 2.47 bits per heavy atom. The van der Waals surface area contributed by atoms with Crippen LogP contribution in [0.1, 0.15) is 30.0 Å². The van der Waals surface area contributed by atoms with E-state index in [2.05, 4.69) is 21.8 Å². The van der Waals surface area contributed by atoms with Gasteiger partial charge < -0.3 is 0 Å². The van der Waals surface area contributed by atoms with Crippen molar-refractivity contribution in [2.75, 3.05) is 32.4 Å². The lowest BCUT2D eigenvalue weighted by atomic mass is 9.85. The minimum absolute atomic E-state index is 0.0363. The van der Waals surface area contributed by atoms with Crippen molar-refractivity contribution in [1.82, 2.24) is 13.9 Å². The predicted octanol–water partition coefficient (Wildman–Crippen LogP) is 1.90. The Morgan fingerprint density at radius 1 is 1.09 bits per heavy atom. The first kappa shape index (κ1) is 24.7. The van der Waals surface area contributed by atoms with Crippen LogP contribution in [0.15, 0.2) is 53.4 Å². The molecule has 0 saturated carbocycles. The molecule has 2 heterocycles. The zero-order valence-electron chi connectivity index (χ0n) is 18.8. The summed E-state index contributed by atoms with van der Waals surface area (Å²) in [5.74, 6) is 0. The molecule has 1 fully saturated rings. The van der Waals surface area contributed by atoms with Gasteiger partial charge in [0.05, 0.1) is 16.1 Å². The molecule has 2 aromatic rings. The first-order chi connectivity index (χ1) is 16.1. The van der Waals surface area contributed by atoms with Crippen molar-refractivity contribution in [1.29, 1.82) is 0 Å². The van der Waals surface area contributed by atoms with Crippen LogP contribution in [-0.2, 0) is 26.5 Å². The number of hydrogen-bond donors (Lipinski definition) is 1. The van der Waals surface area contributed by atoms with Gasteiger partial charge in [-0.1, -0.05) is 24.3 Å². The van der Waals surface area contributed by atoms with Gasteiger partial charge in [0.2, 0.25) is 20.0 Å². The minimum atomic E-state index is -4.02. The van der Waals surface area contributed by atoms with Crippen molar-refractivity contribution in [3.8, 4) is 0 Å². The second-order valence-electron chi connectivity index (χ2n) is 8.71. The van der Waals surface area contributed by atoms with Gasteiger partial charge in [-0.3, -0.25) is 15.0 Å². The van der Waals surface area contributed by atoms with Gasteiger partial charge in [0, 0.05) is 50.4 Å². The van der Waals surface area contributed by atoms with Gasteiger partial charge in [-0.25, -0.2) is 21.6 Å². The number of benzene rings is 2. The number of nitro benzene ring substituents is 1. The van der Waals surface area contributed by atoms with Gasteiger partial charge in [-0.2, -0.15) is 4.31 Å². The maximum absolute atomic E-state index is 13.6. The lowest BCUT2D eigenvalue weighted by Gasteiger charge is -2.46. The number of non-ortho nitro benzene ring substituents is 1. The van der Waals surface area contributed by atoms with Crippen LogP contribution < -0.4 is 4.72 Å². The SMILES string of the molecule is CS(=O)(=O)NCCN(C1CCN2CCc3ccccc3C2C1)S(=O)(=O)c1ccc([N+](=O)[O-])cc1. The molecular weight excluding hydrogens is 480 g/mol. The zero-order chi connectivity index (χ0) is 24.5. The first-order valence-corrected chi connectivity index (χ1v) is 14.4. The van der Waals surface area contributed by atoms with Crippen LogP contribution in [0.2, 0.25) is 0 Å². The van der Waals surface area contributed by atoms with Crippen LogP contribution in [0.4, 0.5) is 5.69 Å². The summed E-state index contributed by atoms with van der Waals surface area (Å²) in [5, 5.41) is 11.0. The Balaban J connectivity index is 1.64. The molecule has 0 aliphatic carbocycles. The molecule has 0 aromatic heterocycles. The lowest BCUT2D eigenvalue weighted by Crippen LogP contribution is -2.51. The maximum atomic E-state index is 13.6. The summed E-state index contributed by atoms with van der Waals surface area (Å²) in [4.78, 5) is 12.7. The van der Waals surface area contributed by atoms with Crippen LogP contribution in [0, 0.1) is 10.1 Å². The summed E-state index contributed by atoms with van der Waals surface area (Å²) in [5.41, 5.74) is 2.28. The Kier molecular flexibility index (Phi) is 7.06. The molecule has 184 valence electrons. The summed E-state index contributed by atoms with van der Waals surface area (Å²) < 4.78 is 54.2. The number of nitrogens with one attached hydrogen (secondary N) is 1. The number of rotatable bonds is 8. The van der Waals surface area contributed by atoms with Crippen LogP contribution in [0.3, 0.4) is 0 Å². The van der Waals surface area contributed by atoms with E-state index in [1.807, 2.05) is 12.1 Å². The highest BCUT2D eigenvalue weighted by molar-refractivity contribution is 7.89. The highest BCUT2D eigenvalue weighted by Gasteiger charge is 2.39. The zero-order valence-corrected chi connectivity index (χ0v) is 20.5. The molecule has 0 amide bonds. The Bertz CT molecular complexity index is 1260. The van der Waals surface area contributed by atoms with Crippen molar-refractivity contribution in [2.24, 2.45) is 0 Å². The molecule has 1 saturated heterocycles. The average molecular weight is 509 g/mol. The van der Waals surface area contributed by atoms with E-state index in [9.17, 15) is 26.9 Å². The quantitative estimate of drug-likeness (QED) is 0.426. The molecule has 2 aliphatic heterocycles. The summed E-state index contributed by atoms with van der Waals surface area (Å²) in [6.07, 6.45) is 3.19. The summed E-state index contributed by atoms with van der Waals surface area (Å²) in [6, 6.07) is 12.7. The third kappa shape index (κ3) is 5.31. The van der Waals surface area contributed by atoms with E-state index >= 15 is 0 Å². The third-order valence-corrected chi connectivity index (χ3v) is 9.22. The molecule has 34 heavy (non-hydrogen) atoms. The fraction of sp³-hybridized carbons (Fsp3) is 0.455. The van der Waals surface area contributed by atoms with E-state index in [1.165, 1.54) is 39.7 Å². The molecule has 0 radical (unpaired) electrons. The molecule has 1 N–H and O–H groups in total. The van der Waals surface area contributed by atoms with E-state index in [-0.39, 0.29) is 35.8 Å². The topological polar surface area (TPSA) is 130 Å². The largest absolute Gasteiger partial charge is 0.296 e. The van der Waals surface area contributed by atoms with Crippen LogP contribution >= 0.6 is 0 Å². The van der Waals surface area contributed by atoms with Gasteiger partial charge in [-0.15, -0.1) is 0 Å². The number of hydrogen-bond acceptors (Lipinski definition) is 7. The Morgan fingerprint density at radius 2 is 1.79 bits per heavy atom. The molecule has 2 atom stereocenters. The van der Waals surface area contributed by atoms with Crippen LogP contribution in [-0.4, -0.2) is 69.4 Å². The number of piperidine rings is 1. The van der Waals surface area contributed by atoms with Gasteiger partial charge >= 0.3 is 0 Å². The van der Waals surface area contributed by atoms with Crippen molar-refractivity contribution in [2.45, 2.75) is 36.2 Å². The Hall–Kier alpha value is -2.38. The maximum Gasteiger partial charge on any atom is 0.269 e. The van der Waals surface area contributed by atoms with Gasteiger partial charge in [0.25, 0.3) is 5.69 Å². The first-order valence-electron chi connectivity index (χ1n) is 11.1. The number of nitro groups is 1. The fourth-order valence-electron chi connectivity index (χ4n) is 4.91. The highest BCUT2D eigenvalue weighted by Crippen LogP contribution is 2.39. The summed E-state index contributed by atoms with van der Waals surface area (Å²) in [7, 11) is -7.51. The van der Waals surface area contributed by atoms with Crippen LogP contribution in [0.25, 0.3) is 0 Å². The standard InChI is InChI=1S/C22H28N4O6S2/c1-33(29,30)23-12-15-25(34(31,32)20-8-6-18(7-9-20)26(27)28)19-11-14-24-13-10-17-4-2-3-5-21(17)22(24)16-19/h2-9,19,22-23H,10-16H2,1H3. The second-order valence-corrected chi connectivity index (χ2v) is 12.4. The third-order valence-electron chi connectivity index (χ3n) is 6.53. The lowest BCUT2D eigenvalue weighted by molar-refractivity contribution is -0.384. The number of fused-ring (bicyclic) bond motifs is 3. The van der Waals surface area contributed by atoms with Crippen molar-refractivity contribution in [3.05, 3.63) is 69.8 Å². The van der Waals surface area contributed by atoms with Crippen molar-refractivity contribution in [3.63, 3.8) is 0 Å². The highest BCUT2D eigenvalue weighted by atomic mass is 32.2.